The number of ether oxygens (including phenoxy) is 1. The van der Waals surface area contributed by atoms with Crippen LogP contribution >= 0.6 is 0 Å². The van der Waals surface area contributed by atoms with Crippen LogP contribution in [0.3, 0.4) is 0 Å². The third-order valence-corrected chi connectivity index (χ3v) is 4.22. The lowest BCUT2D eigenvalue weighted by molar-refractivity contribution is -0.274. The van der Waals surface area contributed by atoms with Crippen molar-refractivity contribution in [3.8, 4) is 22.9 Å². The highest BCUT2D eigenvalue weighted by molar-refractivity contribution is 5.68. The van der Waals surface area contributed by atoms with Crippen LogP contribution in [-0.4, -0.2) is 25.8 Å². The molecule has 0 unspecified atom stereocenters. The van der Waals surface area contributed by atoms with E-state index >= 15 is 0 Å². The second kappa shape index (κ2) is 7.62. The molecule has 4 rings (SSSR count). The number of pyridine rings is 2. The molecule has 0 spiro atoms. The first kappa shape index (κ1) is 21.3. The van der Waals surface area contributed by atoms with Crippen molar-refractivity contribution < 1.29 is 36.2 Å². The Morgan fingerprint density at radius 2 is 1.59 bits per heavy atom. The van der Waals surface area contributed by atoms with Gasteiger partial charge in [0, 0.05) is 5.69 Å². The van der Waals surface area contributed by atoms with E-state index in [2.05, 4.69) is 20.0 Å². The average Bonchev–Trinajstić information content (AvgIpc) is 3.08. The summed E-state index contributed by atoms with van der Waals surface area (Å²) in [5, 5.41) is 12.5. The van der Waals surface area contributed by atoms with Gasteiger partial charge in [-0.2, -0.15) is 13.2 Å². The summed E-state index contributed by atoms with van der Waals surface area (Å²) >= 11 is 0. The number of imidazole rings is 1. The van der Waals surface area contributed by atoms with Crippen LogP contribution in [0.5, 0.6) is 11.5 Å². The molecule has 32 heavy (non-hydrogen) atoms. The van der Waals surface area contributed by atoms with E-state index in [1.165, 1.54) is 42.5 Å². The maximum atomic E-state index is 13.6. The second-order valence-electron chi connectivity index (χ2n) is 6.53. The molecule has 0 aliphatic carbocycles. The lowest BCUT2D eigenvalue weighted by atomic mass is 10.2. The summed E-state index contributed by atoms with van der Waals surface area (Å²) in [4.78, 5) is 7.80. The monoisotopic (exact) mass is 454 g/mol. The second-order valence-corrected chi connectivity index (χ2v) is 6.53. The van der Waals surface area contributed by atoms with Crippen LogP contribution in [0.25, 0.3) is 17.0 Å². The van der Waals surface area contributed by atoms with Gasteiger partial charge in [0.2, 0.25) is 0 Å². The number of rotatable bonds is 4. The molecule has 3 heterocycles. The first-order valence-corrected chi connectivity index (χ1v) is 8.88. The zero-order valence-corrected chi connectivity index (χ0v) is 15.7. The van der Waals surface area contributed by atoms with E-state index in [9.17, 15) is 31.4 Å². The van der Waals surface area contributed by atoms with Crippen LogP contribution in [0.2, 0.25) is 0 Å². The number of hydrogen-bond acceptors (Lipinski definition) is 5. The number of hydrogen-bond donors (Lipinski definition) is 2. The molecule has 0 fully saturated rings. The number of anilines is 2. The van der Waals surface area contributed by atoms with Crippen molar-refractivity contribution in [3.63, 3.8) is 0 Å². The van der Waals surface area contributed by atoms with Gasteiger partial charge in [-0.25, -0.2) is 9.97 Å². The lowest BCUT2D eigenvalue weighted by Crippen LogP contribution is -2.16. The molecule has 4 aromatic rings. The maximum absolute atomic E-state index is 13.6. The maximum Gasteiger partial charge on any atom is 0.573 e. The van der Waals surface area contributed by atoms with Gasteiger partial charge in [0.1, 0.15) is 28.7 Å². The highest BCUT2D eigenvalue weighted by Crippen LogP contribution is 2.37. The van der Waals surface area contributed by atoms with Crippen molar-refractivity contribution in [3.05, 3.63) is 66.5 Å². The Bertz CT molecular complexity index is 1270. The first-order chi connectivity index (χ1) is 15.0. The number of fused-ring (bicyclic) bond motifs is 1. The third-order valence-electron chi connectivity index (χ3n) is 4.22. The van der Waals surface area contributed by atoms with Crippen LogP contribution in [0, 0.1) is 0 Å². The highest BCUT2D eigenvalue weighted by Gasteiger charge is 2.39. The van der Waals surface area contributed by atoms with Gasteiger partial charge in [-0.05, 0) is 48.5 Å². The summed E-state index contributed by atoms with van der Waals surface area (Å²) in [5.41, 5.74) is -1.35. The molecule has 0 radical (unpaired) electrons. The van der Waals surface area contributed by atoms with E-state index in [-0.39, 0.29) is 28.6 Å². The number of halogens is 6. The number of aromatic nitrogens is 3. The molecule has 12 heteroatoms. The normalized spacial score (nSPS) is 12.2. The van der Waals surface area contributed by atoms with E-state index < -0.39 is 24.0 Å². The number of nitrogens with zero attached hydrogens (tertiary/aromatic N) is 3. The minimum atomic E-state index is -4.83. The van der Waals surface area contributed by atoms with E-state index in [1.54, 1.807) is 0 Å². The Hall–Kier alpha value is -3.96. The third kappa shape index (κ3) is 4.53. The van der Waals surface area contributed by atoms with Gasteiger partial charge < -0.3 is 15.2 Å². The molecule has 1 aromatic carbocycles. The van der Waals surface area contributed by atoms with Gasteiger partial charge in [0.05, 0.1) is 11.9 Å². The number of alkyl halides is 6. The fourth-order valence-corrected chi connectivity index (χ4v) is 3.00. The molecule has 166 valence electrons. The van der Waals surface area contributed by atoms with Crippen LogP contribution in [-0.2, 0) is 6.18 Å². The van der Waals surface area contributed by atoms with Crippen LogP contribution in [0.15, 0.2) is 60.8 Å². The zero-order valence-electron chi connectivity index (χ0n) is 15.7. The van der Waals surface area contributed by atoms with Crippen molar-refractivity contribution in [1.29, 1.82) is 0 Å². The quantitative estimate of drug-likeness (QED) is 0.384. The largest absolute Gasteiger partial charge is 0.573 e. The number of nitrogens with one attached hydrogen (secondary N) is 1. The van der Waals surface area contributed by atoms with Gasteiger partial charge >= 0.3 is 12.5 Å². The minimum absolute atomic E-state index is 0.0365. The summed E-state index contributed by atoms with van der Waals surface area (Å²) in [5.74, 6) is -0.555. The van der Waals surface area contributed by atoms with E-state index in [1.807, 2.05) is 0 Å². The summed E-state index contributed by atoms with van der Waals surface area (Å²) in [6.07, 6.45) is -8.52. The van der Waals surface area contributed by atoms with Gasteiger partial charge in [0.25, 0.3) is 0 Å². The standard InChI is InChI=1S/C20H12F6N4O2/c21-19(22,23)18-17(30-10-12(31)6-9-16(30)29-18)14-2-1-3-15(28-14)27-11-4-7-13(8-5-11)32-20(24,25)26/h1-10,31H,(H,27,28). The molecule has 0 bridgehead atoms. The van der Waals surface area contributed by atoms with Crippen molar-refractivity contribution in [2.75, 3.05) is 5.32 Å². The highest BCUT2D eigenvalue weighted by atomic mass is 19.4. The molecule has 0 saturated carbocycles. The molecular weight excluding hydrogens is 442 g/mol. The Labute approximate surface area is 175 Å². The zero-order chi connectivity index (χ0) is 23.1. The number of aromatic hydroxyl groups is 1. The summed E-state index contributed by atoms with van der Waals surface area (Å²) in [6, 6.07) is 11.5. The van der Waals surface area contributed by atoms with Crippen LogP contribution < -0.4 is 10.1 Å². The van der Waals surface area contributed by atoms with E-state index in [0.29, 0.717) is 5.69 Å². The summed E-state index contributed by atoms with van der Waals surface area (Å²) < 4.78 is 82.5. The Balaban J connectivity index is 1.70. The topological polar surface area (TPSA) is 71.7 Å². The molecular formula is C20H12F6N4O2. The van der Waals surface area contributed by atoms with Gasteiger partial charge in [0.15, 0.2) is 5.69 Å². The predicted octanol–water partition coefficient (Wildman–Crippen LogP) is 5.76. The SMILES string of the molecule is Oc1ccc2nc(C(F)(F)F)c(-c3cccc(Nc4ccc(OC(F)(F)F)cc4)n3)n2c1. The van der Waals surface area contributed by atoms with Crippen molar-refractivity contribution in [2.24, 2.45) is 0 Å². The minimum Gasteiger partial charge on any atom is -0.506 e. The fraction of sp³-hybridized carbons (Fsp3) is 0.100. The predicted molar refractivity (Wildman–Crippen MR) is 101 cm³/mol. The average molecular weight is 454 g/mol. The molecule has 6 nitrogen and oxygen atoms in total. The molecule has 0 atom stereocenters. The van der Waals surface area contributed by atoms with Gasteiger partial charge in [-0.1, -0.05) is 6.07 Å². The number of benzene rings is 1. The smallest absolute Gasteiger partial charge is 0.506 e. The van der Waals surface area contributed by atoms with Crippen LogP contribution in [0.4, 0.5) is 37.8 Å². The molecule has 0 aliphatic heterocycles. The summed E-state index contributed by atoms with van der Waals surface area (Å²) in [7, 11) is 0. The van der Waals surface area contributed by atoms with Gasteiger partial charge in [-0.3, -0.25) is 4.40 Å². The molecule has 3 aromatic heterocycles. The Kier molecular flexibility index (Phi) is 5.07. The lowest BCUT2D eigenvalue weighted by Gasteiger charge is -2.11. The fourth-order valence-electron chi connectivity index (χ4n) is 3.00. The van der Waals surface area contributed by atoms with E-state index in [0.717, 1.165) is 22.7 Å². The molecule has 2 N–H and O–H groups in total. The van der Waals surface area contributed by atoms with Crippen molar-refractivity contribution in [2.45, 2.75) is 12.5 Å². The van der Waals surface area contributed by atoms with E-state index in [4.69, 9.17) is 0 Å². The molecule has 0 amide bonds. The van der Waals surface area contributed by atoms with Crippen LogP contribution in [0.1, 0.15) is 5.69 Å². The Morgan fingerprint density at radius 1 is 0.875 bits per heavy atom. The Morgan fingerprint density at radius 3 is 2.25 bits per heavy atom. The van der Waals surface area contributed by atoms with Crippen molar-refractivity contribution in [1.82, 2.24) is 14.4 Å². The first-order valence-electron chi connectivity index (χ1n) is 8.88. The summed E-state index contributed by atoms with van der Waals surface area (Å²) in [6.45, 7) is 0. The van der Waals surface area contributed by atoms with Gasteiger partial charge in [-0.15, -0.1) is 13.2 Å². The van der Waals surface area contributed by atoms with Crippen molar-refractivity contribution >= 4 is 17.2 Å². The molecule has 0 aliphatic rings. The molecule has 0 saturated heterocycles.